The van der Waals surface area contributed by atoms with Gasteiger partial charge in [0.25, 0.3) is 0 Å². The van der Waals surface area contributed by atoms with Crippen LogP contribution in [0.5, 0.6) is 5.75 Å². The number of amides is 1. The van der Waals surface area contributed by atoms with Gasteiger partial charge in [0, 0.05) is 10.3 Å². The fourth-order valence-electron chi connectivity index (χ4n) is 3.53. The number of thiophene rings is 1. The predicted octanol–water partition coefficient (Wildman–Crippen LogP) is 5.01. The molecular formula is C21H23N3O2S2. The van der Waals surface area contributed by atoms with Crippen LogP contribution in [0, 0.1) is 6.92 Å². The highest BCUT2D eigenvalue weighted by atomic mass is 32.2. The Kier molecular flexibility index (Phi) is 5.55. The average Bonchev–Trinajstić information content (AvgIpc) is 3.07. The van der Waals surface area contributed by atoms with Crippen molar-refractivity contribution >= 4 is 44.9 Å². The van der Waals surface area contributed by atoms with Crippen LogP contribution in [0.1, 0.15) is 35.8 Å². The Bertz CT molecular complexity index is 1030. The number of nitrogens with one attached hydrogen (secondary N) is 1. The van der Waals surface area contributed by atoms with Gasteiger partial charge < -0.3 is 10.1 Å². The van der Waals surface area contributed by atoms with Gasteiger partial charge >= 0.3 is 0 Å². The summed E-state index contributed by atoms with van der Waals surface area (Å²) in [5.74, 6) is 0.595. The molecular weight excluding hydrogens is 390 g/mol. The first-order valence-corrected chi connectivity index (χ1v) is 11.1. The van der Waals surface area contributed by atoms with E-state index in [1.54, 1.807) is 24.8 Å². The second-order valence-electron chi connectivity index (χ2n) is 7.02. The lowest BCUT2D eigenvalue weighted by molar-refractivity contribution is -0.115. The van der Waals surface area contributed by atoms with Gasteiger partial charge in [-0.05, 0) is 62.8 Å². The largest absolute Gasteiger partial charge is 0.495 e. The van der Waals surface area contributed by atoms with Crippen LogP contribution in [0.25, 0.3) is 10.2 Å². The third-order valence-corrected chi connectivity index (χ3v) is 7.29. The molecule has 0 fully saturated rings. The quantitative estimate of drug-likeness (QED) is 0.471. The minimum atomic E-state index is -0.289. The number of hydrogen-bond acceptors (Lipinski definition) is 6. The number of hydrogen-bond donors (Lipinski definition) is 1. The molecule has 28 heavy (non-hydrogen) atoms. The third kappa shape index (κ3) is 3.73. The van der Waals surface area contributed by atoms with Crippen molar-refractivity contribution < 1.29 is 9.53 Å². The smallest absolute Gasteiger partial charge is 0.237 e. The molecule has 4 rings (SSSR count). The van der Waals surface area contributed by atoms with E-state index in [1.165, 1.54) is 35.0 Å². The second-order valence-corrected chi connectivity index (χ2v) is 9.44. The Balaban J connectivity index is 1.57. The van der Waals surface area contributed by atoms with Crippen LogP contribution in [0.2, 0.25) is 0 Å². The van der Waals surface area contributed by atoms with E-state index in [-0.39, 0.29) is 11.2 Å². The molecule has 1 aliphatic rings. The van der Waals surface area contributed by atoms with Crippen molar-refractivity contribution in [2.24, 2.45) is 0 Å². The highest BCUT2D eigenvalue weighted by molar-refractivity contribution is 8.00. The van der Waals surface area contributed by atoms with E-state index in [1.807, 2.05) is 32.0 Å². The monoisotopic (exact) mass is 413 g/mol. The van der Waals surface area contributed by atoms with Crippen molar-refractivity contribution in [3.63, 3.8) is 0 Å². The van der Waals surface area contributed by atoms with Crippen LogP contribution in [0.15, 0.2) is 29.6 Å². The highest BCUT2D eigenvalue weighted by Crippen LogP contribution is 2.40. The summed E-state index contributed by atoms with van der Waals surface area (Å²) < 4.78 is 5.37. The molecule has 0 unspecified atom stereocenters. The number of aryl methyl sites for hydroxylation is 3. The fourth-order valence-corrected chi connectivity index (χ4v) is 5.77. The maximum Gasteiger partial charge on any atom is 0.237 e. The Morgan fingerprint density at radius 3 is 2.93 bits per heavy atom. The summed E-state index contributed by atoms with van der Waals surface area (Å²) in [6.45, 7) is 3.90. The molecule has 0 saturated carbocycles. The molecule has 0 aliphatic heterocycles. The van der Waals surface area contributed by atoms with Crippen LogP contribution < -0.4 is 10.1 Å². The first-order valence-electron chi connectivity index (χ1n) is 9.44. The molecule has 1 amide bonds. The molecule has 0 saturated heterocycles. The Morgan fingerprint density at radius 2 is 2.11 bits per heavy atom. The lowest BCUT2D eigenvalue weighted by Crippen LogP contribution is -2.23. The number of carbonyl (C=O) groups is 1. The normalized spacial score (nSPS) is 14.5. The molecule has 1 aromatic carbocycles. The van der Waals surface area contributed by atoms with E-state index in [0.29, 0.717) is 11.4 Å². The van der Waals surface area contributed by atoms with Crippen LogP contribution in [0.4, 0.5) is 5.69 Å². The van der Waals surface area contributed by atoms with Gasteiger partial charge in [-0.1, -0.05) is 17.8 Å². The second kappa shape index (κ2) is 8.09. The summed E-state index contributed by atoms with van der Waals surface area (Å²) in [6.07, 6.45) is 6.27. The van der Waals surface area contributed by atoms with E-state index in [9.17, 15) is 4.79 Å². The molecule has 7 heteroatoms. The number of methoxy groups -OCH3 is 1. The third-order valence-electron chi connectivity index (χ3n) is 4.99. The summed E-state index contributed by atoms with van der Waals surface area (Å²) in [6, 6.07) is 5.75. The molecule has 0 spiro atoms. The van der Waals surface area contributed by atoms with Gasteiger partial charge in [0.05, 0.1) is 18.0 Å². The van der Waals surface area contributed by atoms with Gasteiger partial charge in [0.15, 0.2) is 0 Å². The van der Waals surface area contributed by atoms with E-state index in [0.717, 1.165) is 33.6 Å². The van der Waals surface area contributed by atoms with Crippen molar-refractivity contribution in [1.29, 1.82) is 0 Å². The summed E-state index contributed by atoms with van der Waals surface area (Å²) in [5.41, 5.74) is 3.15. The van der Waals surface area contributed by atoms with Crippen LogP contribution in [-0.2, 0) is 17.6 Å². The summed E-state index contributed by atoms with van der Waals surface area (Å²) in [5, 5.41) is 4.77. The Hall–Kier alpha value is -2.12. The maximum absolute atomic E-state index is 12.8. The average molecular weight is 414 g/mol. The number of aromatic nitrogens is 2. The van der Waals surface area contributed by atoms with Crippen molar-refractivity contribution in [2.75, 3.05) is 12.4 Å². The number of anilines is 1. The number of ether oxygens (including phenoxy) is 1. The van der Waals surface area contributed by atoms with E-state index in [2.05, 4.69) is 15.3 Å². The minimum absolute atomic E-state index is 0.0650. The molecule has 0 radical (unpaired) electrons. The van der Waals surface area contributed by atoms with E-state index < -0.39 is 0 Å². The summed E-state index contributed by atoms with van der Waals surface area (Å²) in [4.78, 5) is 24.3. The van der Waals surface area contributed by atoms with Gasteiger partial charge in [-0.25, -0.2) is 9.97 Å². The zero-order chi connectivity index (χ0) is 19.7. The molecule has 1 N–H and O–H groups in total. The number of benzene rings is 1. The Labute approximate surface area is 172 Å². The van der Waals surface area contributed by atoms with E-state index in [4.69, 9.17) is 4.74 Å². The van der Waals surface area contributed by atoms with Crippen molar-refractivity contribution in [3.8, 4) is 5.75 Å². The van der Waals surface area contributed by atoms with Crippen molar-refractivity contribution in [2.45, 2.75) is 49.8 Å². The molecule has 1 aliphatic carbocycles. The van der Waals surface area contributed by atoms with Crippen molar-refractivity contribution in [1.82, 2.24) is 9.97 Å². The SMILES string of the molecule is COc1ccc(C)cc1NC(=O)[C@@H](C)Sc1ncnc2sc3c(c12)CCCC3. The number of nitrogens with zero attached hydrogens (tertiary/aromatic N) is 2. The van der Waals surface area contributed by atoms with Gasteiger partial charge in [0.2, 0.25) is 5.91 Å². The number of carbonyl (C=O) groups excluding carboxylic acids is 1. The molecule has 1 atom stereocenters. The molecule has 3 aromatic rings. The zero-order valence-electron chi connectivity index (χ0n) is 16.2. The van der Waals surface area contributed by atoms with E-state index >= 15 is 0 Å². The van der Waals surface area contributed by atoms with Gasteiger partial charge in [-0.2, -0.15) is 0 Å². The number of thioether (sulfide) groups is 1. The molecule has 0 bridgehead atoms. The molecule has 146 valence electrons. The topological polar surface area (TPSA) is 64.1 Å². The molecule has 2 aromatic heterocycles. The number of rotatable bonds is 5. The first kappa shape index (κ1) is 19.2. The highest BCUT2D eigenvalue weighted by Gasteiger charge is 2.23. The summed E-state index contributed by atoms with van der Waals surface area (Å²) >= 11 is 3.28. The first-order chi connectivity index (χ1) is 13.6. The van der Waals surface area contributed by atoms with Crippen LogP contribution in [0.3, 0.4) is 0 Å². The zero-order valence-corrected chi connectivity index (χ0v) is 17.9. The number of fused-ring (bicyclic) bond motifs is 3. The minimum Gasteiger partial charge on any atom is -0.495 e. The predicted molar refractivity (Wildman–Crippen MR) is 116 cm³/mol. The standard InChI is InChI=1S/C21H23N3O2S2/c1-12-8-9-16(26-3)15(10-12)24-19(25)13(2)27-20-18-14-6-4-5-7-17(14)28-21(18)23-11-22-20/h8-11,13H,4-7H2,1-3H3,(H,24,25)/t13-/m1/s1. The molecule has 2 heterocycles. The maximum atomic E-state index is 12.8. The van der Waals surface area contributed by atoms with Crippen molar-refractivity contribution in [3.05, 3.63) is 40.5 Å². The summed E-state index contributed by atoms with van der Waals surface area (Å²) in [7, 11) is 1.61. The van der Waals surface area contributed by atoms with Crippen LogP contribution >= 0.6 is 23.1 Å². The van der Waals surface area contributed by atoms with Gasteiger partial charge in [-0.3, -0.25) is 4.79 Å². The lowest BCUT2D eigenvalue weighted by atomic mass is 9.97. The van der Waals surface area contributed by atoms with Gasteiger partial charge in [-0.15, -0.1) is 11.3 Å². The lowest BCUT2D eigenvalue weighted by Gasteiger charge is -2.15. The Morgan fingerprint density at radius 1 is 1.29 bits per heavy atom. The van der Waals surface area contributed by atoms with Crippen LogP contribution in [-0.4, -0.2) is 28.2 Å². The molecule has 5 nitrogen and oxygen atoms in total. The van der Waals surface area contributed by atoms with Gasteiger partial charge in [0.1, 0.15) is 21.9 Å². The fraction of sp³-hybridized carbons (Fsp3) is 0.381.